The predicted molar refractivity (Wildman–Crippen MR) is 93.0 cm³/mol. The third-order valence-electron chi connectivity index (χ3n) is 3.51. The average Bonchev–Trinajstić information content (AvgIpc) is 2.52. The van der Waals surface area contributed by atoms with E-state index in [1.54, 1.807) is 0 Å². The van der Waals surface area contributed by atoms with E-state index in [9.17, 15) is 4.79 Å². The summed E-state index contributed by atoms with van der Waals surface area (Å²) in [6, 6.07) is 5.83. The predicted octanol–water partition coefficient (Wildman–Crippen LogP) is 2.91. The van der Waals surface area contributed by atoms with E-state index in [0.717, 1.165) is 17.1 Å². The van der Waals surface area contributed by atoms with Gasteiger partial charge in [0.25, 0.3) is 0 Å². The molecule has 1 unspecified atom stereocenters. The maximum absolute atomic E-state index is 12.1. The summed E-state index contributed by atoms with van der Waals surface area (Å²) in [5, 5.41) is 6.10. The second-order valence-electron chi connectivity index (χ2n) is 5.71. The fourth-order valence-electron chi connectivity index (χ4n) is 2.38. The van der Waals surface area contributed by atoms with Crippen molar-refractivity contribution in [2.24, 2.45) is 5.92 Å². The molecule has 0 saturated heterocycles. The van der Waals surface area contributed by atoms with Gasteiger partial charge in [0.2, 0.25) is 5.91 Å². The first-order valence-corrected chi connectivity index (χ1v) is 8.36. The van der Waals surface area contributed by atoms with Crippen molar-refractivity contribution < 1.29 is 14.3 Å². The fraction of sp³-hybridized carbons (Fsp3) is 0.611. The van der Waals surface area contributed by atoms with Crippen LogP contribution < -0.4 is 20.1 Å². The van der Waals surface area contributed by atoms with Crippen LogP contribution in [0.3, 0.4) is 0 Å². The molecule has 2 N–H and O–H groups in total. The van der Waals surface area contributed by atoms with Gasteiger partial charge in [-0.05, 0) is 44.5 Å². The van der Waals surface area contributed by atoms with Gasteiger partial charge in [-0.1, -0.05) is 19.9 Å². The van der Waals surface area contributed by atoms with Crippen molar-refractivity contribution in [1.29, 1.82) is 0 Å². The first-order valence-electron chi connectivity index (χ1n) is 8.36. The van der Waals surface area contributed by atoms with Gasteiger partial charge in [-0.25, -0.2) is 0 Å². The normalized spacial score (nSPS) is 12.1. The molecule has 1 atom stereocenters. The number of carbonyl (C=O) groups is 1. The smallest absolute Gasteiger partial charge is 0.221 e. The first-order chi connectivity index (χ1) is 11.0. The molecule has 0 saturated carbocycles. The maximum atomic E-state index is 12.1. The van der Waals surface area contributed by atoms with Crippen LogP contribution in [0.25, 0.3) is 0 Å². The van der Waals surface area contributed by atoms with Gasteiger partial charge in [0.05, 0.1) is 19.3 Å². The van der Waals surface area contributed by atoms with Gasteiger partial charge in [-0.3, -0.25) is 4.79 Å². The van der Waals surface area contributed by atoms with E-state index >= 15 is 0 Å². The lowest BCUT2D eigenvalue weighted by Gasteiger charge is -2.24. The minimum absolute atomic E-state index is 0.0462. The topological polar surface area (TPSA) is 59.6 Å². The molecule has 23 heavy (non-hydrogen) atoms. The molecule has 0 aliphatic heterocycles. The Balaban J connectivity index is 2.97. The molecule has 0 radical (unpaired) electrons. The number of carbonyl (C=O) groups excluding carboxylic acids is 1. The molecular formula is C18H30N2O3. The van der Waals surface area contributed by atoms with Gasteiger partial charge in [0.1, 0.15) is 0 Å². The summed E-state index contributed by atoms with van der Waals surface area (Å²) in [5.41, 5.74) is 1.03. The van der Waals surface area contributed by atoms with Crippen LogP contribution in [0.1, 0.15) is 45.7 Å². The minimum Gasteiger partial charge on any atom is -0.490 e. The van der Waals surface area contributed by atoms with Gasteiger partial charge < -0.3 is 20.1 Å². The average molecular weight is 322 g/mol. The molecule has 0 aliphatic carbocycles. The number of hydrogen-bond donors (Lipinski definition) is 2. The molecule has 5 heteroatoms. The van der Waals surface area contributed by atoms with E-state index in [1.807, 2.05) is 39.1 Å². The van der Waals surface area contributed by atoms with Gasteiger partial charge in [-0.15, -0.1) is 0 Å². The summed E-state index contributed by atoms with van der Waals surface area (Å²) < 4.78 is 11.3. The van der Waals surface area contributed by atoms with Crippen LogP contribution >= 0.6 is 0 Å². The second-order valence-corrected chi connectivity index (χ2v) is 5.71. The summed E-state index contributed by atoms with van der Waals surface area (Å²) in [6.07, 6.45) is 0.467. The minimum atomic E-state index is -0.0470. The van der Waals surface area contributed by atoms with Crippen LogP contribution in [0.4, 0.5) is 0 Å². The summed E-state index contributed by atoms with van der Waals surface area (Å²) in [6.45, 7) is 9.92. The van der Waals surface area contributed by atoms with E-state index in [-0.39, 0.29) is 17.9 Å². The van der Waals surface area contributed by atoms with Crippen LogP contribution in [-0.4, -0.2) is 32.7 Å². The molecule has 0 spiro atoms. The molecule has 0 aromatic heterocycles. The molecular weight excluding hydrogens is 292 g/mol. The van der Waals surface area contributed by atoms with E-state index in [0.29, 0.717) is 26.2 Å². The number of ether oxygens (including phenoxy) is 2. The van der Waals surface area contributed by atoms with Gasteiger partial charge in [-0.2, -0.15) is 0 Å². The zero-order valence-electron chi connectivity index (χ0n) is 14.9. The van der Waals surface area contributed by atoms with Crippen molar-refractivity contribution in [3.63, 3.8) is 0 Å². The van der Waals surface area contributed by atoms with E-state index < -0.39 is 0 Å². The summed E-state index contributed by atoms with van der Waals surface area (Å²) in [4.78, 5) is 12.1. The number of rotatable bonds is 10. The molecule has 1 aromatic carbocycles. The van der Waals surface area contributed by atoms with Crippen molar-refractivity contribution in [1.82, 2.24) is 10.6 Å². The van der Waals surface area contributed by atoms with Crippen molar-refractivity contribution in [3.8, 4) is 11.5 Å². The Labute approximate surface area is 139 Å². The lowest BCUT2D eigenvalue weighted by Crippen LogP contribution is -2.33. The van der Waals surface area contributed by atoms with Crippen LogP contribution in [-0.2, 0) is 4.79 Å². The summed E-state index contributed by atoms with van der Waals surface area (Å²) >= 11 is 0. The van der Waals surface area contributed by atoms with E-state index in [1.165, 1.54) is 0 Å². The highest BCUT2D eigenvalue weighted by Crippen LogP contribution is 2.32. The highest BCUT2D eigenvalue weighted by atomic mass is 16.5. The molecule has 5 nitrogen and oxygen atoms in total. The zero-order valence-corrected chi connectivity index (χ0v) is 14.9. The Kier molecular flexibility index (Phi) is 8.48. The summed E-state index contributed by atoms with van der Waals surface area (Å²) in [5.74, 6) is 1.79. The summed E-state index contributed by atoms with van der Waals surface area (Å²) in [7, 11) is 1.84. The third-order valence-corrected chi connectivity index (χ3v) is 3.51. The zero-order chi connectivity index (χ0) is 17.2. The fourth-order valence-corrected chi connectivity index (χ4v) is 2.38. The SMILES string of the molecule is CCOc1ccc(C(NC(=O)CCNC)C(C)C)cc1OCC. The quantitative estimate of drug-likeness (QED) is 0.695. The maximum Gasteiger partial charge on any atom is 0.221 e. The van der Waals surface area contributed by atoms with Crippen LogP contribution in [0.2, 0.25) is 0 Å². The van der Waals surface area contributed by atoms with E-state index in [4.69, 9.17) is 9.47 Å². The van der Waals surface area contributed by atoms with Gasteiger partial charge in [0.15, 0.2) is 11.5 Å². The molecule has 0 aliphatic rings. The second kappa shape index (κ2) is 10.1. The Hall–Kier alpha value is -1.75. The molecule has 0 heterocycles. The number of benzene rings is 1. The Morgan fingerprint density at radius 3 is 2.35 bits per heavy atom. The Morgan fingerprint density at radius 1 is 1.13 bits per heavy atom. The van der Waals surface area contributed by atoms with Gasteiger partial charge >= 0.3 is 0 Å². The largest absolute Gasteiger partial charge is 0.490 e. The number of hydrogen-bond acceptors (Lipinski definition) is 4. The Morgan fingerprint density at radius 2 is 1.78 bits per heavy atom. The van der Waals surface area contributed by atoms with Crippen molar-refractivity contribution >= 4 is 5.91 Å². The van der Waals surface area contributed by atoms with Crippen molar-refractivity contribution in [2.75, 3.05) is 26.8 Å². The van der Waals surface area contributed by atoms with Gasteiger partial charge in [0, 0.05) is 13.0 Å². The van der Waals surface area contributed by atoms with Crippen molar-refractivity contribution in [3.05, 3.63) is 23.8 Å². The van der Waals surface area contributed by atoms with Crippen LogP contribution in [0.15, 0.2) is 18.2 Å². The molecule has 0 bridgehead atoms. The molecule has 1 aromatic rings. The van der Waals surface area contributed by atoms with Crippen molar-refractivity contribution in [2.45, 2.75) is 40.2 Å². The van der Waals surface area contributed by atoms with Crippen LogP contribution in [0, 0.1) is 5.92 Å². The van der Waals surface area contributed by atoms with E-state index in [2.05, 4.69) is 24.5 Å². The Bertz CT molecular complexity index is 489. The standard InChI is InChI=1S/C18H30N2O3/c1-6-22-15-9-8-14(12-16(15)23-7-2)18(13(3)4)20-17(21)10-11-19-5/h8-9,12-13,18-19H,6-7,10-11H2,1-5H3,(H,20,21). The third kappa shape index (κ3) is 6.10. The molecule has 1 rings (SSSR count). The number of amides is 1. The lowest BCUT2D eigenvalue weighted by molar-refractivity contribution is -0.122. The molecule has 0 fully saturated rings. The first kappa shape index (κ1) is 19.3. The molecule has 1 amide bonds. The van der Waals surface area contributed by atoms with Crippen LogP contribution in [0.5, 0.6) is 11.5 Å². The highest BCUT2D eigenvalue weighted by molar-refractivity contribution is 5.76. The lowest BCUT2D eigenvalue weighted by atomic mass is 9.95. The highest BCUT2D eigenvalue weighted by Gasteiger charge is 2.20. The molecule has 130 valence electrons. The number of nitrogens with one attached hydrogen (secondary N) is 2. The monoisotopic (exact) mass is 322 g/mol.